The predicted octanol–water partition coefficient (Wildman–Crippen LogP) is 2.39. The van der Waals surface area contributed by atoms with E-state index in [1.807, 2.05) is 6.92 Å². The van der Waals surface area contributed by atoms with E-state index in [1.165, 1.54) is 12.1 Å². The normalized spacial score (nSPS) is 22.0. The molecule has 2 aromatic rings. The van der Waals surface area contributed by atoms with Crippen LogP contribution in [0.25, 0.3) is 0 Å². The Morgan fingerprint density at radius 3 is 2.12 bits per heavy atom. The minimum atomic E-state index is -0.958. The number of ether oxygens (including phenoxy) is 2. The fourth-order valence-corrected chi connectivity index (χ4v) is 3.26. The Morgan fingerprint density at radius 1 is 0.760 bits per heavy atom. The van der Waals surface area contributed by atoms with Gasteiger partial charge in [-0.1, -0.05) is 25.1 Å². The van der Waals surface area contributed by atoms with Crippen LogP contribution in [0.3, 0.4) is 0 Å². The molecule has 0 saturated carbocycles. The van der Waals surface area contributed by atoms with Gasteiger partial charge < -0.3 is 9.47 Å². The second kappa shape index (κ2) is 5.11. The van der Waals surface area contributed by atoms with Gasteiger partial charge in [0.05, 0.1) is 23.1 Å². The second-order valence-electron chi connectivity index (χ2n) is 6.29. The Hall–Kier alpha value is -3.28. The molecule has 6 nitrogen and oxygen atoms in total. The smallest absolute Gasteiger partial charge is 0.346 e. The first-order valence-electron chi connectivity index (χ1n) is 7.65. The second-order valence-corrected chi connectivity index (χ2v) is 6.29. The first-order valence-corrected chi connectivity index (χ1v) is 7.65. The van der Waals surface area contributed by atoms with Crippen molar-refractivity contribution >= 4 is 23.9 Å². The van der Waals surface area contributed by atoms with Crippen molar-refractivity contribution in [1.29, 1.82) is 0 Å². The number of carbonyl (C=O) groups is 4. The molecule has 1 atom stereocenters. The van der Waals surface area contributed by atoms with Gasteiger partial charge in [0, 0.05) is 5.41 Å². The van der Waals surface area contributed by atoms with Crippen LogP contribution in [0, 0.1) is 0 Å². The van der Waals surface area contributed by atoms with E-state index < -0.39 is 29.3 Å². The SMILES string of the molecule is CC12CC(=O)OC(=O)c3ccc1cc3C(=O)OC(=O)c1ccc2cc1. The lowest BCUT2D eigenvalue weighted by atomic mass is 9.73. The Labute approximate surface area is 142 Å². The third-order valence-corrected chi connectivity index (χ3v) is 4.74. The van der Waals surface area contributed by atoms with E-state index in [9.17, 15) is 19.2 Å². The van der Waals surface area contributed by atoms with Gasteiger partial charge in [-0.15, -0.1) is 0 Å². The maximum absolute atomic E-state index is 12.4. The third-order valence-electron chi connectivity index (χ3n) is 4.74. The van der Waals surface area contributed by atoms with Crippen LogP contribution >= 0.6 is 0 Å². The summed E-state index contributed by atoms with van der Waals surface area (Å²) in [6, 6.07) is 11.1. The number of rotatable bonds is 0. The molecule has 25 heavy (non-hydrogen) atoms. The summed E-state index contributed by atoms with van der Waals surface area (Å²) in [5.74, 6) is -3.39. The molecule has 0 fully saturated rings. The Bertz CT molecular complexity index is 956. The minimum absolute atomic E-state index is 0.0855. The molecule has 124 valence electrons. The highest BCUT2D eigenvalue weighted by Gasteiger charge is 2.38. The van der Waals surface area contributed by atoms with Gasteiger partial charge >= 0.3 is 23.9 Å². The van der Waals surface area contributed by atoms with E-state index >= 15 is 0 Å². The Kier molecular flexibility index (Phi) is 3.12. The largest absolute Gasteiger partial charge is 0.389 e. The molecule has 2 aromatic carbocycles. The molecular formula is C19H12O6. The zero-order chi connectivity index (χ0) is 17.8. The van der Waals surface area contributed by atoms with Gasteiger partial charge in [0.1, 0.15) is 0 Å². The van der Waals surface area contributed by atoms with Gasteiger partial charge in [0.25, 0.3) is 0 Å². The maximum Gasteiger partial charge on any atom is 0.346 e. The zero-order valence-electron chi connectivity index (χ0n) is 13.2. The summed E-state index contributed by atoms with van der Waals surface area (Å²) in [7, 11) is 0. The number of esters is 4. The van der Waals surface area contributed by atoms with E-state index in [2.05, 4.69) is 0 Å². The van der Waals surface area contributed by atoms with Crippen molar-refractivity contribution in [2.75, 3.05) is 0 Å². The molecule has 0 radical (unpaired) electrons. The molecule has 4 aliphatic heterocycles. The predicted molar refractivity (Wildman–Crippen MR) is 84.1 cm³/mol. The highest BCUT2D eigenvalue weighted by molar-refractivity contribution is 6.10. The monoisotopic (exact) mass is 336 g/mol. The lowest BCUT2D eigenvalue weighted by Crippen LogP contribution is -2.28. The lowest BCUT2D eigenvalue weighted by Gasteiger charge is -2.29. The highest BCUT2D eigenvalue weighted by atomic mass is 16.6. The molecule has 1 unspecified atom stereocenters. The van der Waals surface area contributed by atoms with Crippen molar-refractivity contribution in [3.8, 4) is 0 Å². The molecule has 4 aliphatic rings. The van der Waals surface area contributed by atoms with E-state index in [0.29, 0.717) is 5.56 Å². The molecule has 0 saturated heterocycles. The minimum Gasteiger partial charge on any atom is -0.389 e. The molecule has 0 N–H and O–H groups in total. The zero-order valence-corrected chi connectivity index (χ0v) is 13.2. The van der Waals surface area contributed by atoms with Crippen LogP contribution in [-0.2, 0) is 19.7 Å². The highest BCUT2D eigenvalue weighted by Crippen LogP contribution is 2.38. The van der Waals surface area contributed by atoms with E-state index in [4.69, 9.17) is 9.47 Å². The van der Waals surface area contributed by atoms with Gasteiger partial charge in [0.2, 0.25) is 0 Å². The number of benzene rings is 2. The van der Waals surface area contributed by atoms with E-state index in [1.54, 1.807) is 30.3 Å². The van der Waals surface area contributed by atoms with E-state index in [0.717, 1.165) is 5.56 Å². The van der Waals surface area contributed by atoms with Gasteiger partial charge in [-0.3, -0.25) is 4.79 Å². The van der Waals surface area contributed by atoms with Crippen molar-refractivity contribution in [2.24, 2.45) is 0 Å². The fourth-order valence-electron chi connectivity index (χ4n) is 3.26. The van der Waals surface area contributed by atoms with Crippen molar-refractivity contribution in [3.63, 3.8) is 0 Å². The van der Waals surface area contributed by atoms with Crippen molar-refractivity contribution < 1.29 is 28.7 Å². The van der Waals surface area contributed by atoms with Crippen LogP contribution < -0.4 is 0 Å². The summed E-state index contributed by atoms with van der Waals surface area (Å²) in [6.07, 6.45) is -0.0855. The van der Waals surface area contributed by atoms with Crippen LogP contribution in [0.5, 0.6) is 0 Å². The summed E-state index contributed by atoms with van der Waals surface area (Å²) in [6.45, 7) is 1.82. The first-order chi connectivity index (χ1) is 11.9. The van der Waals surface area contributed by atoms with Crippen LogP contribution in [-0.4, -0.2) is 23.9 Å². The quantitative estimate of drug-likeness (QED) is 0.542. The summed E-state index contributed by atoms with van der Waals surface area (Å²) in [5, 5.41) is 0. The van der Waals surface area contributed by atoms with Gasteiger partial charge in [0.15, 0.2) is 0 Å². The van der Waals surface area contributed by atoms with Crippen molar-refractivity contribution in [1.82, 2.24) is 0 Å². The molecule has 0 aliphatic carbocycles. The van der Waals surface area contributed by atoms with E-state index in [-0.39, 0.29) is 23.1 Å². The number of hydrogen-bond acceptors (Lipinski definition) is 6. The number of carbonyl (C=O) groups excluding carboxylic acids is 4. The standard InChI is InChI=1S/C19H12O6/c1-19-9-15(20)24-17(22)13-7-6-12(19)8-14(13)18(23)25-16(21)10-2-4-11(19)5-3-10/h2-8H,9H2,1H3. The molecule has 0 spiro atoms. The number of fused-ring (bicyclic) bond motifs is 8. The van der Waals surface area contributed by atoms with Crippen LogP contribution in [0.2, 0.25) is 0 Å². The van der Waals surface area contributed by atoms with Crippen LogP contribution in [0.15, 0.2) is 42.5 Å². The molecule has 0 aromatic heterocycles. The van der Waals surface area contributed by atoms with Crippen molar-refractivity contribution in [2.45, 2.75) is 18.8 Å². The first kappa shape index (κ1) is 15.3. The average molecular weight is 336 g/mol. The number of hydrogen-bond donors (Lipinski definition) is 0. The van der Waals surface area contributed by atoms with Crippen LogP contribution in [0.4, 0.5) is 0 Å². The Balaban J connectivity index is 2.08. The fraction of sp³-hybridized carbons (Fsp3) is 0.158. The molecule has 4 heterocycles. The van der Waals surface area contributed by atoms with Gasteiger partial charge in [-0.05, 0) is 35.4 Å². The maximum atomic E-state index is 12.4. The summed E-state index contributed by atoms with van der Waals surface area (Å²) in [4.78, 5) is 49.0. The molecule has 6 bridgehead atoms. The van der Waals surface area contributed by atoms with Gasteiger partial charge in [-0.25, -0.2) is 14.4 Å². The molecular weight excluding hydrogens is 324 g/mol. The summed E-state index contributed by atoms with van der Waals surface area (Å²) < 4.78 is 9.75. The lowest BCUT2D eigenvalue weighted by molar-refractivity contribution is -0.138. The third kappa shape index (κ3) is 2.26. The molecule has 0 amide bonds. The molecule has 6 rings (SSSR count). The average Bonchev–Trinajstić information content (AvgIpc) is 2.65. The topological polar surface area (TPSA) is 86.7 Å². The summed E-state index contributed by atoms with van der Waals surface area (Å²) >= 11 is 0. The van der Waals surface area contributed by atoms with Crippen LogP contribution in [0.1, 0.15) is 55.5 Å². The summed E-state index contributed by atoms with van der Waals surface area (Å²) in [5.41, 5.74) is 0.574. The van der Waals surface area contributed by atoms with Crippen molar-refractivity contribution in [3.05, 3.63) is 70.3 Å². The Morgan fingerprint density at radius 2 is 1.40 bits per heavy atom. The van der Waals surface area contributed by atoms with Gasteiger partial charge in [-0.2, -0.15) is 0 Å². The molecule has 6 heteroatoms.